The molecule has 1 aromatic carbocycles. The molecular formula is C31H38ClN3O3. The number of nitrogens with zero attached hydrogens (tertiary/aromatic N) is 1. The van der Waals surface area contributed by atoms with Crippen molar-refractivity contribution in [2.45, 2.75) is 78.2 Å². The first kappa shape index (κ1) is 25.8. The number of benzene rings is 1. The Morgan fingerprint density at radius 1 is 1.11 bits per heavy atom. The Morgan fingerprint density at radius 3 is 2.68 bits per heavy atom. The number of ketones is 1. The van der Waals surface area contributed by atoms with E-state index in [1.165, 1.54) is 24.8 Å². The largest absolute Gasteiger partial charge is 0.358 e. The third-order valence-corrected chi connectivity index (χ3v) is 11.1. The van der Waals surface area contributed by atoms with Gasteiger partial charge in [-0.25, -0.2) is 9.63 Å². The van der Waals surface area contributed by atoms with E-state index in [0.29, 0.717) is 29.2 Å². The SMILES string of the molecule is CC(=O)[C@H]1CCC2C3CCC4=C/C(=N/OC(=O)[C@@H](NCl)c5cc6ccccc6[nH]5)CC[C@]4(C)C3CC[C@@]21C. The highest BCUT2D eigenvalue weighted by atomic mass is 35.5. The van der Waals surface area contributed by atoms with Crippen LogP contribution in [0.4, 0.5) is 0 Å². The summed E-state index contributed by atoms with van der Waals surface area (Å²) >= 11 is 5.94. The van der Waals surface area contributed by atoms with Gasteiger partial charge in [0.1, 0.15) is 5.78 Å². The van der Waals surface area contributed by atoms with E-state index in [4.69, 9.17) is 16.6 Å². The minimum atomic E-state index is -0.841. The van der Waals surface area contributed by atoms with E-state index in [2.05, 4.69) is 34.9 Å². The zero-order valence-corrected chi connectivity index (χ0v) is 23.3. The summed E-state index contributed by atoms with van der Waals surface area (Å²) in [6.07, 6.45) is 10.9. The molecule has 6 nitrogen and oxygen atoms in total. The van der Waals surface area contributed by atoms with Gasteiger partial charge in [0.25, 0.3) is 0 Å². The van der Waals surface area contributed by atoms with Gasteiger partial charge in [-0.2, -0.15) is 0 Å². The first-order valence-corrected chi connectivity index (χ1v) is 14.6. The number of hydrogen-bond acceptors (Lipinski definition) is 5. The minimum absolute atomic E-state index is 0.159. The number of halogens is 1. The van der Waals surface area contributed by atoms with Crippen LogP contribution in [0.15, 0.2) is 47.1 Å². The molecule has 4 aliphatic carbocycles. The Hall–Kier alpha value is -2.44. The average Bonchev–Trinajstić information content (AvgIpc) is 3.48. The predicted octanol–water partition coefficient (Wildman–Crippen LogP) is 7.02. The fourth-order valence-electron chi connectivity index (χ4n) is 8.95. The molecule has 7 heteroatoms. The molecule has 38 heavy (non-hydrogen) atoms. The Labute approximate surface area is 229 Å². The quantitative estimate of drug-likeness (QED) is 0.245. The number of aromatic nitrogens is 1. The van der Waals surface area contributed by atoms with Gasteiger partial charge in [0.2, 0.25) is 0 Å². The lowest BCUT2D eigenvalue weighted by Gasteiger charge is -2.58. The molecule has 3 saturated carbocycles. The minimum Gasteiger partial charge on any atom is -0.357 e. The van der Waals surface area contributed by atoms with Gasteiger partial charge in [-0.1, -0.05) is 42.8 Å². The second kappa shape index (κ2) is 9.63. The van der Waals surface area contributed by atoms with Crippen molar-refractivity contribution in [1.29, 1.82) is 0 Å². The number of allylic oxidation sites excluding steroid dienone is 2. The molecule has 202 valence electrons. The normalized spacial score (nSPS) is 36.2. The Balaban J connectivity index is 1.17. The molecule has 1 aromatic heterocycles. The smallest absolute Gasteiger partial charge is 0.357 e. The van der Waals surface area contributed by atoms with Crippen molar-refractivity contribution >= 4 is 40.1 Å². The molecule has 0 amide bonds. The first-order valence-electron chi connectivity index (χ1n) is 14.2. The summed E-state index contributed by atoms with van der Waals surface area (Å²) < 4.78 is 0. The highest BCUT2D eigenvalue weighted by Gasteiger charge is 2.59. The number of oxime groups is 1. The third-order valence-electron chi connectivity index (χ3n) is 10.9. The van der Waals surface area contributed by atoms with Crippen molar-refractivity contribution in [1.82, 2.24) is 9.82 Å². The lowest BCUT2D eigenvalue weighted by molar-refractivity contribution is -0.146. The van der Waals surface area contributed by atoms with Crippen LogP contribution in [-0.4, -0.2) is 22.4 Å². The third kappa shape index (κ3) is 4.06. The van der Waals surface area contributed by atoms with Gasteiger partial charge in [-0.05, 0) is 122 Å². The van der Waals surface area contributed by atoms with E-state index >= 15 is 0 Å². The molecule has 2 aromatic rings. The van der Waals surface area contributed by atoms with E-state index in [1.807, 2.05) is 30.3 Å². The van der Waals surface area contributed by atoms with Gasteiger partial charge in [0, 0.05) is 17.1 Å². The molecule has 1 heterocycles. The van der Waals surface area contributed by atoms with Crippen molar-refractivity contribution in [2.24, 2.45) is 39.7 Å². The molecule has 6 rings (SSSR count). The van der Waals surface area contributed by atoms with Crippen molar-refractivity contribution in [3.05, 3.63) is 47.7 Å². The van der Waals surface area contributed by atoms with Crippen LogP contribution in [0.3, 0.4) is 0 Å². The van der Waals surface area contributed by atoms with Crippen LogP contribution in [-0.2, 0) is 14.4 Å². The zero-order chi connectivity index (χ0) is 26.7. The predicted molar refractivity (Wildman–Crippen MR) is 149 cm³/mol. The number of carbonyl (C=O) groups excluding carboxylic acids is 2. The van der Waals surface area contributed by atoms with Crippen LogP contribution in [0.25, 0.3) is 10.9 Å². The Morgan fingerprint density at radius 2 is 1.92 bits per heavy atom. The summed E-state index contributed by atoms with van der Waals surface area (Å²) in [5.41, 5.74) is 4.19. The van der Waals surface area contributed by atoms with Crippen molar-refractivity contribution < 1.29 is 14.4 Å². The van der Waals surface area contributed by atoms with E-state index in [0.717, 1.165) is 48.7 Å². The summed E-state index contributed by atoms with van der Waals surface area (Å²) in [6.45, 7) is 6.65. The van der Waals surface area contributed by atoms with Gasteiger partial charge in [0.15, 0.2) is 6.04 Å². The molecule has 0 spiro atoms. The highest BCUT2D eigenvalue weighted by molar-refractivity contribution is 6.15. The number of aromatic amines is 1. The monoisotopic (exact) mass is 535 g/mol. The molecule has 0 radical (unpaired) electrons. The molecule has 0 saturated heterocycles. The Bertz CT molecular complexity index is 1300. The van der Waals surface area contributed by atoms with Gasteiger partial charge in [-0.15, -0.1) is 0 Å². The van der Waals surface area contributed by atoms with Crippen LogP contribution in [0.5, 0.6) is 0 Å². The van der Waals surface area contributed by atoms with Crippen LogP contribution >= 0.6 is 11.8 Å². The van der Waals surface area contributed by atoms with Gasteiger partial charge in [-0.3, -0.25) is 4.79 Å². The van der Waals surface area contributed by atoms with Gasteiger partial charge in [0.05, 0.1) is 5.71 Å². The molecule has 4 aliphatic rings. The number of hydrogen-bond donors (Lipinski definition) is 2. The number of para-hydroxylation sites is 1. The van der Waals surface area contributed by atoms with E-state index in [1.54, 1.807) is 6.92 Å². The Kier molecular flexibility index (Phi) is 6.55. The lowest BCUT2D eigenvalue weighted by Crippen LogP contribution is -2.51. The number of Topliss-reactive ketones (excluding diaryl/α,β-unsaturated/α-hetero) is 1. The summed E-state index contributed by atoms with van der Waals surface area (Å²) in [4.78, 5) is 36.5. The van der Waals surface area contributed by atoms with Crippen molar-refractivity contribution in [2.75, 3.05) is 0 Å². The van der Waals surface area contributed by atoms with E-state index < -0.39 is 12.0 Å². The number of rotatable bonds is 5. The molecule has 0 aliphatic heterocycles. The fourth-order valence-corrected chi connectivity index (χ4v) is 9.16. The molecule has 2 N–H and O–H groups in total. The number of carbonyl (C=O) groups is 2. The van der Waals surface area contributed by atoms with Crippen LogP contribution < -0.4 is 4.84 Å². The number of fused-ring (bicyclic) bond motifs is 6. The molecule has 3 unspecified atom stereocenters. The second-order valence-corrected chi connectivity index (χ2v) is 12.9. The summed E-state index contributed by atoms with van der Waals surface area (Å²) in [6, 6.07) is 8.88. The maximum atomic E-state index is 12.9. The maximum absolute atomic E-state index is 12.9. The van der Waals surface area contributed by atoms with E-state index in [9.17, 15) is 9.59 Å². The molecule has 0 bridgehead atoms. The number of H-pyrrole nitrogens is 1. The standard InChI is InChI=1S/C31H38ClN3O3/c1-18(36)23-10-11-24-22-9-8-20-17-21(12-14-30(20,2)25(22)13-15-31(23,24)3)35-38-29(37)28(34-32)27-16-19-6-4-5-7-26(19)33-27/h4-7,16-17,22-25,28,33-34H,8-15H2,1-3H3/b35-21+/t22?,23-,24?,25?,28+,30+,31-/m1/s1. The summed E-state index contributed by atoms with van der Waals surface area (Å²) in [5.74, 6) is 2.11. The summed E-state index contributed by atoms with van der Waals surface area (Å²) in [5, 5.41) is 5.29. The van der Waals surface area contributed by atoms with Crippen LogP contribution in [0, 0.1) is 34.5 Å². The van der Waals surface area contributed by atoms with Crippen LogP contribution in [0.1, 0.15) is 83.9 Å². The molecule has 3 fully saturated rings. The highest BCUT2D eigenvalue weighted by Crippen LogP contribution is 2.66. The van der Waals surface area contributed by atoms with Crippen LogP contribution in [0.2, 0.25) is 0 Å². The maximum Gasteiger partial charge on any atom is 0.358 e. The topological polar surface area (TPSA) is 83.5 Å². The van der Waals surface area contributed by atoms with Crippen molar-refractivity contribution in [3.8, 4) is 0 Å². The van der Waals surface area contributed by atoms with Crippen molar-refractivity contribution in [3.63, 3.8) is 0 Å². The van der Waals surface area contributed by atoms with Gasteiger partial charge >= 0.3 is 5.97 Å². The van der Waals surface area contributed by atoms with Gasteiger partial charge < -0.3 is 9.82 Å². The first-order chi connectivity index (χ1) is 18.2. The zero-order valence-electron chi connectivity index (χ0n) is 22.6. The van der Waals surface area contributed by atoms with E-state index in [-0.39, 0.29) is 16.7 Å². The molecule has 7 atom stereocenters. The molecular weight excluding hydrogens is 498 g/mol. The second-order valence-electron chi connectivity index (χ2n) is 12.6. The lowest BCUT2D eigenvalue weighted by atomic mass is 9.46. The summed E-state index contributed by atoms with van der Waals surface area (Å²) in [7, 11) is 0. The fraction of sp³-hybridized carbons (Fsp3) is 0.581. The average molecular weight is 536 g/mol. The number of nitrogens with one attached hydrogen (secondary N) is 2.